The average molecular weight is 440 g/mol. The zero-order chi connectivity index (χ0) is 22.8. The largest absolute Gasteiger partial charge is 0.493 e. The average Bonchev–Trinajstić information content (AvgIpc) is 2.80. The second-order valence-corrected chi connectivity index (χ2v) is 8.47. The molecule has 2 bridgehead atoms. The minimum Gasteiger partial charge on any atom is -0.493 e. The molecule has 2 aromatic carbocycles. The molecule has 0 spiro atoms. The second-order valence-electron chi connectivity index (χ2n) is 8.47. The van der Waals surface area contributed by atoms with Crippen molar-refractivity contribution in [2.45, 2.75) is 63.0 Å². The van der Waals surface area contributed by atoms with Crippen molar-refractivity contribution in [3.8, 4) is 17.2 Å². The third kappa shape index (κ3) is 3.70. The number of unbranched alkanes of at least 4 members (excludes halogenated alkanes) is 3. The van der Waals surface area contributed by atoms with Crippen LogP contribution in [0.5, 0.6) is 17.2 Å². The Morgan fingerprint density at radius 3 is 2.38 bits per heavy atom. The van der Waals surface area contributed by atoms with Gasteiger partial charge in [0.15, 0.2) is 17.6 Å². The van der Waals surface area contributed by atoms with E-state index in [4.69, 9.17) is 14.2 Å². The second kappa shape index (κ2) is 9.18. The third-order valence-corrected chi connectivity index (χ3v) is 6.67. The van der Waals surface area contributed by atoms with E-state index < -0.39 is 24.0 Å². The zero-order valence-corrected chi connectivity index (χ0v) is 18.7. The molecule has 4 rings (SSSR count). The van der Waals surface area contributed by atoms with Gasteiger partial charge in [0.1, 0.15) is 11.5 Å². The van der Waals surface area contributed by atoms with E-state index in [2.05, 4.69) is 6.92 Å². The fraction of sp³-hybridized carbons (Fsp3) is 0.480. The molecular formula is C25H29NO6. The third-order valence-electron chi connectivity index (χ3n) is 6.67. The molecule has 170 valence electrons. The van der Waals surface area contributed by atoms with E-state index in [1.165, 1.54) is 7.11 Å². The summed E-state index contributed by atoms with van der Waals surface area (Å²) in [4.78, 5) is 25.6. The summed E-state index contributed by atoms with van der Waals surface area (Å²) >= 11 is 0. The van der Waals surface area contributed by atoms with Gasteiger partial charge in [0, 0.05) is 22.5 Å². The molecule has 1 aliphatic carbocycles. The van der Waals surface area contributed by atoms with E-state index in [-0.39, 0.29) is 10.7 Å². The number of benzene rings is 2. The fourth-order valence-electron chi connectivity index (χ4n) is 5.18. The maximum absolute atomic E-state index is 13.6. The number of carbonyl (C=O) groups excluding carboxylic acids is 1. The van der Waals surface area contributed by atoms with Crippen LogP contribution in [0.1, 0.15) is 73.7 Å². The van der Waals surface area contributed by atoms with Crippen LogP contribution >= 0.6 is 0 Å². The number of fused-ring (bicyclic) bond motifs is 6. The van der Waals surface area contributed by atoms with Crippen LogP contribution in [0.15, 0.2) is 36.4 Å². The van der Waals surface area contributed by atoms with Gasteiger partial charge in [-0.05, 0) is 30.2 Å². The highest BCUT2D eigenvalue weighted by atomic mass is 16.6. The summed E-state index contributed by atoms with van der Waals surface area (Å²) in [5, 5.41) is 12.3. The summed E-state index contributed by atoms with van der Waals surface area (Å²) in [6, 6.07) is 9.83. The molecule has 7 nitrogen and oxygen atoms in total. The molecule has 0 aromatic heterocycles. The first-order valence-electron chi connectivity index (χ1n) is 11.2. The number of Topliss-reactive ketones (excluding diaryl/α,β-unsaturated/α-hetero) is 1. The van der Waals surface area contributed by atoms with Gasteiger partial charge in [-0.15, -0.1) is 0 Å². The summed E-state index contributed by atoms with van der Waals surface area (Å²) < 4.78 is 17.1. The molecule has 0 saturated carbocycles. The first-order valence-corrected chi connectivity index (χ1v) is 11.2. The van der Waals surface area contributed by atoms with E-state index in [0.29, 0.717) is 29.2 Å². The van der Waals surface area contributed by atoms with E-state index in [1.807, 2.05) is 24.3 Å². The molecule has 7 heteroatoms. The lowest BCUT2D eigenvalue weighted by Gasteiger charge is -2.43. The number of ketones is 1. The molecule has 0 N–H and O–H groups in total. The van der Waals surface area contributed by atoms with Crippen LogP contribution in [0.4, 0.5) is 0 Å². The van der Waals surface area contributed by atoms with E-state index >= 15 is 0 Å². The van der Waals surface area contributed by atoms with Gasteiger partial charge < -0.3 is 14.2 Å². The number of methoxy groups -OCH3 is 2. The van der Waals surface area contributed by atoms with Crippen LogP contribution in [0.3, 0.4) is 0 Å². The minimum absolute atomic E-state index is 0.0292. The summed E-state index contributed by atoms with van der Waals surface area (Å²) in [7, 11) is 3.06. The van der Waals surface area contributed by atoms with Crippen molar-refractivity contribution in [1.29, 1.82) is 0 Å². The number of nitro groups is 1. The van der Waals surface area contributed by atoms with Crippen molar-refractivity contribution < 1.29 is 23.9 Å². The predicted molar refractivity (Wildman–Crippen MR) is 119 cm³/mol. The van der Waals surface area contributed by atoms with E-state index in [1.54, 1.807) is 19.2 Å². The SMILES string of the molecule is CCCCCCC(=O)[C@@H]1c2cc(OC)c(OC)cc2[C@H]2Oc3ccccc3[C@@H]1[C@H]2[N+](=O)[O-]. The molecule has 2 aromatic rings. The molecular weight excluding hydrogens is 410 g/mol. The highest BCUT2D eigenvalue weighted by Gasteiger charge is 2.57. The quantitative estimate of drug-likeness (QED) is 0.303. The first kappa shape index (κ1) is 22.1. The van der Waals surface area contributed by atoms with Crippen molar-refractivity contribution in [2.75, 3.05) is 14.2 Å². The molecule has 0 fully saturated rings. The van der Waals surface area contributed by atoms with E-state index in [0.717, 1.165) is 36.8 Å². The number of carbonyl (C=O) groups is 1. The lowest BCUT2D eigenvalue weighted by atomic mass is 9.64. The van der Waals surface area contributed by atoms with E-state index in [9.17, 15) is 14.9 Å². The number of rotatable bonds is 9. The number of ether oxygens (including phenoxy) is 3. The maximum atomic E-state index is 13.6. The minimum atomic E-state index is -1.06. The standard InChI is InChI=1S/C25H29NO6/c1-4-5-6-7-11-18(27)22-16-13-20(30-2)21(31-3)14-17(16)25-24(26(28)29)23(22)15-10-8-9-12-19(15)32-25/h8-10,12-14,22-25H,4-7,11H2,1-3H3/t22-,23-,24+,25+/m0/s1. The van der Waals surface area contributed by atoms with Crippen LogP contribution in [0, 0.1) is 10.1 Å². The first-order chi connectivity index (χ1) is 15.5. The van der Waals surface area contributed by atoms with Crippen molar-refractivity contribution in [3.05, 3.63) is 63.2 Å². The normalized spacial score (nSPS) is 22.8. The van der Waals surface area contributed by atoms with Gasteiger partial charge in [-0.2, -0.15) is 0 Å². The fourth-order valence-corrected chi connectivity index (χ4v) is 5.18. The van der Waals surface area contributed by atoms with Crippen LogP contribution in [0.2, 0.25) is 0 Å². The lowest BCUT2D eigenvalue weighted by Crippen LogP contribution is -2.48. The smallest absolute Gasteiger partial charge is 0.261 e. The summed E-state index contributed by atoms with van der Waals surface area (Å²) in [5.41, 5.74) is 2.09. The molecule has 0 amide bonds. The lowest BCUT2D eigenvalue weighted by molar-refractivity contribution is -0.542. The monoisotopic (exact) mass is 439 g/mol. The van der Waals surface area contributed by atoms with Crippen molar-refractivity contribution in [1.82, 2.24) is 0 Å². The summed E-state index contributed by atoms with van der Waals surface area (Å²) in [6.07, 6.45) is 3.49. The highest BCUT2D eigenvalue weighted by Crippen LogP contribution is 2.56. The number of para-hydroxylation sites is 1. The van der Waals surface area contributed by atoms with Gasteiger partial charge in [0.05, 0.1) is 26.1 Å². The van der Waals surface area contributed by atoms with Crippen LogP contribution in [-0.2, 0) is 4.79 Å². The molecule has 4 atom stereocenters. The number of hydrogen-bond donors (Lipinski definition) is 0. The molecule has 2 aliphatic rings. The Morgan fingerprint density at radius 2 is 1.72 bits per heavy atom. The van der Waals surface area contributed by atoms with Crippen molar-refractivity contribution in [2.24, 2.45) is 0 Å². The Hall–Kier alpha value is -3.09. The highest BCUT2D eigenvalue weighted by molar-refractivity contribution is 5.88. The Kier molecular flexibility index (Phi) is 6.35. The molecule has 0 radical (unpaired) electrons. The molecule has 0 saturated heterocycles. The molecule has 1 heterocycles. The number of hydrogen-bond acceptors (Lipinski definition) is 6. The van der Waals surface area contributed by atoms with Gasteiger partial charge >= 0.3 is 0 Å². The summed E-state index contributed by atoms with van der Waals surface area (Å²) in [5.74, 6) is 0.364. The predicted octanol–water partition coefficient (Wildman–Crippen LogP) is 5.20. The van der Waals surface area contributed by atoms with Gasteiger partial charge in [-0.3, -0.25) is 14.9 Å². The van der Waals surface area contributed by atoms with Crippen molar-refractivity contribution >= 4 is 5.78 Å². The number of nitrogens with zero attached hydrogens (tertiary/aromatic N) is 1. The van der Waals surface area contributed by atoms with Crippen LogP contribution in [-0.4, -0.2) is 31.0 Å². The van der Waals surface area contributed by atoms with Crippen LogP contribution in [0.25, 0.3) is 0 Å². The Bertz CT molecular complexity index is 1020. The molecule has 1 aliphatic heterocycles. The van der Waals surface area contributed by atoms with Gasteiger partial charge in [0.2, 0.25) is 0 Å². The topological polar surface area (TPSA) is 87.9 Å². The molecule has 0 unspecified atom stereocenters. The Balaban J connectivity index is 1.88. The summed E-state index contributed by atoms with van der Waals surface area (Å²) in [6.45, 7) is 2.12. The van der Waals surface area contributed by atoms with Gasteiger partial charge in [0.25, 0.3) is 6.04 Å². The van der Waals surface area contributed by atoms with Crippen molar-refractivity contribution in [3.63, 3.8) is 0 Å². The van der Waals surface area contributed by atoms with Gasteiger partial charge in [-0.25, -0.2) is 0 Å². The van der Waals surface area contributed by atoms with Crippen LogP contribution < -0.4 is 14.2 Å². The Morgan fingerprint density at radius 1 is 1.03 bits per heavy atom. The zero-order valence-electron chi connectivity index (χ0n) is 18.7. The molecule has 32 heavy (non-hydrogen) atoms. The van der Waals surface area contributed by atoms with Gasteiger partial charge in [-0.1, -0.05) is 44.4 Å². The Labute approximate surface area is 187 Å². The maximum Gasteiger partial charge on any atom is 0.261 e.